The molecule has 6 nitrogen and oxygen atoms in total. The molecule has 0 saturated heterocycles. The Morgan fingerprint density at radius 3 is 2.57 bits per heavy atom. The number of nitro benzene ring substituents is 1. The van der Waals surface area contributed by atoms with Gasteiger partial charge in [0.1, 0.15) is 10.9 Å². The summed E-state index contributed by atoms with van der Waals surface area (Å²) in [4.78, 5) is 18.8. The van der Waals surface area contributed by atoms with Crippen molar-refractivity contribution in [3.8, 4) is 16.9 Å². The lowest BCUT2D eigenvalue weighted by atomic mass is 10.0. The van der Waals surface area contributed by atoms with Crippen molar-refractivity contribution in [1.29, 1.82) is 0 Å². The largest absolute Gasteiger partial charge is 0.496 e. The van der Waals surface area contributed by atoms with Gasteiger partial charge in [-0.3, -0.25) is 10.1 Å². The van der Waals surface area contributed by atoms with Crippen LogP contribution >= 0.6 is 23.2 Å². The predicted molar refractivity (Wildman–Crippen MR) is 88.2 cm³/mol. The van der Waals surface area contributed by atoms with Gasteiger partial charge in [0.05, 0.1) is 23.1 Å². The standard InChI is InChI=1S/C15H9Cl2N3O3/c1-23-13-5-3-2-4-8(13)9-6-10-11(7-12(9)20(21)22)18-15(17)19-14(10)16/h2-7H,1H3. The van der Waals surface area contributed by atoms with E-state index in [4.69, 9.17) is 27.9 Å². The van der Waals surface area contributed by atoms with Gasteiger partial charge in [-0.1, -0.05) is 29.8 Å². The Morgan fingerprint density at radius 2 is 1.87 bits per heavy atom. The number of ether oxygens (including phenoxy) is 1. The van der Waals surface area contributed by atoms with Crippen LogP contribution in [0.15, 0.2) is 36.4 Å². The minimum absolute atomic E-state index is 0.0677. The lowest BCUT2D eigenvalue weighted by Crippen LogP contribution is -1.96. The molecule has 0 radical (unpaired) electrons. The molecule has 2 aromatic carbocycles. The molecule has 23 heavy (non-hydrogen) atoms. The van der Waals surface area contributed by atoms with E-state index in [1.807, 2.05) is 0 Å². The molecule has 0 fully saturated rings. The monoisotopic (exact) mass is 349 g/mol. The van der Waals surface area contributed by atoms with Crippen LogP contribution in [0, 0.1) is 10.1 Å². The second-order valence-corrected chi connectivity index (χ2v) is 5.32. The third-order valence-corrected chi connectivity index (χ3v) is 3.79. The number of nitro groups is 1. The molecular formula is C15H9Cl2N3O3. The van der Waals surface area contributed by atoms with E-state index in [9.17, 15) is 10.1 Å². The molecule has 0 unspecified atom stereocenters. The van der Waals surface area contributed by atoms with Crippen LogP contribution in [0.4, 0.5) is 5.69 Å². The Bertz CT molecular complexity index is 931. The molecule has 116 valence electrons. The zero-order valence-electron chi connectivity index (χ0n) is 11.8. The zero-order valence-corrected chi connectivity index (χ0v) is 13.3. The van der Waals surface area contributed by atoms with E-state index in [2.05, 4.69) is 9.97 Å². The number of halogens is 2. The summed E-state index contributed by atoms with van der Waals surface area (Å²) in [6.45, 7) is 0. The molecule has 3 aromatic rings. The highest BCUT2D eigenvalue weighted by Gasteiger charge is 2.21. The fourth-order valence-corrected chi connectivity index (χ4v) is 2.78. The van der Waals surface area contributed by atoms with Gasteiger partial charge in [0.25, 0.3) is 5.69 Å². The second kappa shape index (κ2) is 5.98. The van der Waals surface area contributed by atoms with Crippen molar-refractivity contribution in [1.82, 2.24) is 9.97 Å². The lowest BCUT2D eigenvalue weighted by Gasteiger charge is -2.10. The van der Waals surface area contributed by atoms with Crippen LogP contribution in [-0.4, -0.2) is 22.0 Å². The normalized spacial score (nSPS) is 10.7. The predicted octanol–water partition coefficient (Wildman–Crippen LogP) is 4.52. The van der Waals surface area contributed by atoms with Gasteiger partial charge in [0, 0.05) is 17.0 Å². The topological polar surface area (TPSA) is 78.2 Å². The minimum atomic E-state index is -0.481. The molecule has 0 aliphatic heterocycles. The van der Waals surface area contributed by atoms with Gasteiger partial charge in [-0.15, -0.1) is 0 Å². The van der Waals surface area contributed by atoms with E-state index in [0.29, 0.717) is 27.8 Å². The molecule has 3 rings (SSSR count). The summed E-state index contributed by atoms with van der Waals surface area (Å²) in [5.74, 6) is 0.515. The Morgan fingerprint density at radius 1 is 1.13 bits per heavy atom. The Balaban J connectivity index is 2.39. The summed E-state index contributed by atoms with van der Waals surface area (Å²) in [5, 5.41) is 12.0. The fraction of sp³-hybridized carbons (Fsp3) is 0.0667. The average Bonchev–Trinajstić information content (AvgIpc) is 2.53. The van der Waals surface area contributed by atoms with Crippen molar-refractivity contribution in [3.63, 3.8) is 0 Å². The number of rotatable bonds is 3. The molecule has 0 spiro atoms. The number of hydrogen-bond acceptors (Lipinski definition) is 5. The van der Waals surface area contributed by atoms with Crippen LogP contribution in [0.5, 0.6) is 5.75 Å². The molecule has 0 saturated carbocycles. The molecule has 0 N–H and O–H groups in total. The zero-order chi connectivity index (χ0) is 16.6. The van der Waals surface area contributed by atoms with Crippen molar-refractivity contribution in [3.05, 3.63) is 56.9 Å². The van der Waals surface area contributed by atoms with Crippen LogP contribution < -0.4 is 4.74 Å². The lowest BCUT2D eigenvalue weighted by molar-refractivity contribution is -0.384. The maximum absolute atomic E-state index is 11.5. The van der Waals surface area contributed by atoms with Gasteiger partial charge in [-0.2, -0.15) is 0 Å². The van der Waals surface area contributed by atoms with E-state index in [0.717, 1.165) is 0 Å². The summed E-state index contributed by atoms with van der Waals surface area (Å²) in [5.41, 5.74) is 1.13. The summed E-state index contributed by atoms with van der Waals surface area (Å²) < 4.78 is 5.29. The maximum atomic E-state index is 11.5. The second-order valence-electron chi connectivity index (χ2n) is 4.63. The van der Waals surface area contributed by atoms with Crippen molar-refractivity contribution in [2.75, 3.05) is 7.11 Å². The Labute approximate surface area is 140 Å². The van der Waals surface area contributed by atoms with Gasteiger partial charge < -0.3 is 4.74 Å². The van der Waals surface area contributed by atoms with Crippen molar-refractivity contribution < 1.29 is 9.66 Å². The highest BCUT2D eigenvalue weighted by Crippen LogP contribution is 2.39. The fourth-order valence-electron chi connectivity index (χ4n) is 2.33. The van der Waals surface area contributed by atoms with Crippen molar-refractivity contribution in [2.45, 2.75) is 0 Å². The molecule has 0 aliphatic rings. The molecule has 0 aliphatic carbocycles. The Kier molecular flexibility index (Phi) is 4.02. The number of aromatic nitrogens is 2. The number of nitrogens with zero attached hydrogens (tertiary/aromatic N) is 3. The summed E-state index contributed by atoms with van der Waals surface area (Å²) in [6.07, 6.45) is 0. The maximum Gasteiger partial charge on any atom is 0.279 e. The average molecular weight is 350 g/mol. The van der Waals surface area contributed by atoms with Crippen molar-refractivity contribution >= 4 is 39.8 Å². The molecular weight excluding hydrogens is 341 g/mol. The summed E-state index contributed by atoms with van der Waals surface area (Å²) in [6, 6.07) is 9.91. The number of methoxy groups -OCH3 is 1. The third-order valence-electron chi connectivity index (χ3n) is 3.33. The van der Waals surface area contributed by atoms with Crippen LogP contribution in [0.1, 0.15) is 0 Å². The van der Waals surface area contributed by atoms with Gasteiger partial charge in [-0.25, -0.2) is 9.97 Å². The number of fused-ring (bicyclic) bond motifs is 1. The molecule has 0 amide bonds. The molecule has 0 bridgehead atoms. The van der Waals surface area contributed by atoms with E-state index < -0.39 is 4.92 Å². The van der Waals surface area contributed by atoms with Crippen LogP contribution in [0.2, 0.25) is 10.4 Å². The molecule has 1 heterocycles. The van der Waals surface area contributed by atoms with Gasteiger partial charge >= 0.3 is 0 Å². The highest BCUT2D eigenvalue weighted by atomic mass is 35.5. The number of benzene rings is 2. The molecule has 8 heteroatoms. The van der Waals surface area contributed by atoms with E-state index in [1.165, 1.54) is 13.2 Å². The van der Waals surface area contributed by atoms with Crippen LogP contribution in [0.3, 0.4) is 0 Å². The van der Waals surface area contributed by atoms with Crippen LogP contribution in [-0.2, 0) is 0 Å². The summed E-state index contributed by atoms with van der Waals surface area (Å²) >= 11 is 11.9. The first-order valence-corrected chi connectivity index (χ1v) is 7.21. The number of para-hydroxylation sites is 1. The first-order chi connectivity index (χ1) is 11.0. The SMILES string of the molecule is COc1ccccc1-c1cc2c(Cl)nc(Cl)nc2cc1[N+](=O)[O-]. The molecule has 1 aromatic heterocycles. The minimum Gasteiger partial charge on any atom is -0.496 e. The quantitative estimate of drug-likeness (QED) is 0.300. The van der Waals surface area contributed by atoms with Gasteiger partial charge in [0.2, 0.25) is 5.28 Å². The Hall–Kier alpha value is -2.44. The number of hydrogen-bond donors (Lipinski definition) is 0. The summed E-state index contributed by atoms with van der Waals surface area (Å²) in [7, 11) is 1.50. The van der Waals surface area contributed by atoms with E-state index in [1.54, 1.807) is 30.3 Å². The van der Waals surface area contributed by atoms with E-state index >= 15 is 0 Å². The molecule has 0 atom stereocenters. The first kappa shape index (κ1) is 15.5. The van der Waals surface area contributed by atoms with Crippen LogP contribution in [0.25, 0.3) is 22.0 Å². The van der Waals surface area contributed by atoms with Gasteiger partial charge in [-0.05, 0) is 23.7 Å². The van der Waals surface area contributed by atoms with E-state index in [-0.39, 0.29) is 16.1 Å². The first-order valence-electron chi connectivity index (χ1n) is 6.46. The third kappa shape index (κ3) is 2.78. The smallest absolute Gasteiger partial charge is 0.279 e. The van der Waals surface area contributed by atoms with Crippen molar-refractivity contribution in [2.24, 2.45) is 0 Å². The highest BCUT2D eigenvalue weighted by molar-refractivity contribution is 6.35. The van der Waals surface area contributed by atoms with Gasteiger partial charge in [0.15, 0.2) is 0 Å².